The average Bonchev–Trinajstić information content (AvgIpc) is 2.95. The molecule has 1 amide bonds. The Morgan fingerprint density at radius 2 is 2.11 bits per heavy atom. The van der Waals surface area contributed by atoms with Crippen LogP contribution in [-0.2, 0) is 6.42 Å². The van der Waals surface area contributed by atoms with E-state index in [2.05, 4.69) is 20.7 Å². The van der Waals surface area contributed by atoms with E-state index in [4.69, 9.17) is 0 Å². The highest BCUT2D eigenvalue weighted by atomic mass is 19.1. The molecule has 7 nitrogen and oxygen atoms in total. The molecule has 0 aliphatic carbocycles. The first kappa shape index (κ1) is 18.0. The van der Waals surface area contributed by atoms with Crippen LogP contribution in [0.1, 0.15) is 33.7 Å². The number of H-pyrrole nitrogens is 1. The van der Waals surface area contributed by atoms with Crippen molar-refractivity contribution in [1.82, 2.24) is 14.8 Å². The van der Waals surface area contributed by atoms with Gasteiger partial charge >= 0.3 is 0 Å². The second-order valence-electron chi connectivity index (χ2n) is 6.82. The first-order valence-corrected chi connectivity index (χ1v) is 9.07. The lowest BCUT2D eigenvalue weighted by atomic mass is 10.0. The van der Waals surface area contributed by atoms with Crippen LogP contribution >= 0.6 is 0 Å². The largest absolute Gasteiger partial charge is 0.371 e. The van der Waals surface area contributed by atoms with Gasteiger partial charge in [-0.15, -0.1) is 0 Å². The standard InChI is InChI=1S/C20H20FN5O2/c1-11-18(12(2)26(25-11)14-6-3-5-13(21)9-14)24-20(28)16-10-17(27)23-19-15(16)7-4-8-22-19/h3,5-6,9-10H,4,7-8H2,1-2H3,(H,24,28)(H2,22,23,27). The fourth-order valence-electron chi connectivity index (χ4n) is 3.54. The number of benzene rings is 1. The predicted molar refractivity (Wildman–Crippen MR) is 105 cm³/mol. The average molecular weight is 381 g/mol. The summed E-state index contributed by atoms with van der Waals surface area (Å²) in [6.07, 6.45) is 1.59. The van der Waals surface area contributed by atoms with Crippen LogP contribution in [0.3, 0.4) is 0 Å². The zero-order valence-corrected chi connectivity index (χ0v) is 15.6. The lowest BCUT2D eigenvalue weighted by Gasteiger charge is -2.20. The van der Waals surface area contributed by atoms with Gasteiger partial charge in [-0.1, -0.05) is 6.07 Å². The fourth-order valence-corrected chi connectivity index (χ4v) is 3.54. The Kier molecular flexibility index (Phi) is 4.46. The minimum Gasteiger partial charge on any atom is -0.371 e. The molecule has 1 aromatic carbocycles. The number of aromatic nitrogens is 3. The molecule has 4 rings (SSSR count). The first-order valence-electron chi connectivity index (χ1n) is 9.07. The van der Waals surface area contributed by atoms with Crippen LogP contribution < -0.4 is 16.2 Å². The number of fused-ring (bicyclic) bond motifs is 1. The molecule has 0 fully saturated rings. The van der Waals surface area contributed by atoms with E-state index in [1.807, 2.05) is 0 Å². The normalized spacial score (nSPS) is 13.0. The van der Waals surface area contributed by atoms with Gasteiger partial charge < -0.3 is 15.6 Å². The van der Waals surface area contributed by atoms with Crippen molar-refractivity contribution in [3.8, 4) is 5.69 Å². The van der Waals surface area contributed by atoms with Gasteiger partial charge in [0.2, 0.25) is 5.56 Å². The van der Waals surface area contributed by atoms with Crippen LogP contribution in [0, 0.1) is 19.7 Å². The van der Waals surface area contributed by atoms with E-state index in [9.17, 15) is 14.0 Å². The number of amides is 1. The Morgan fingerprint density at radius 3 is 2.89 bits per heavy atom. The summed E-state index contributed by atoms with van der Waals surface area (Å²) in [6, 6.07) is 7.41. The maximum absolute atomic E-state index is 13.6. The van der Waals surface area contributed by atoms with E-state index in [0.29, 0.717) is 40.6 Å². The monoisotopic (exact) mass is 381 g/mol. The summed E-state index contributed by atoms with van der Waals surface area (Å²) in [7, 11) is 0. The molecule has 3 N–H and O–H groups in total. The number of rotatable bonds is 3. The number of pyridine rings is 1. The summed E-state index contributed by atoms with van der Waals surface area (Å²) in [5.74, 6) is -0.123. The highest BCUT2D eigenvalue weighted by Gasteiger charge is 2.22. The third-order valence-corrected chi connectivity index (χ3v) is 4.88. The van der Waals surface area contributed by atoms with Gasteiger partial charge in [0, 0.05) is 18.2 Å². The van der Waals surface area contributed by atoms with Crippen LogP contribution in [0.25, 0.3) is 5.69 Å². The number of halogens is 1. The van der Waals surface area contributed by atoms with E-state index in [1.54, 1.807) is 30.7 Å². The Bertz CT molecular complexity index is 1130. The number of aryl methyl sites for hydroxylation is 1. The molecule has 1 aliphatic rings. The molecule has 0 spiro atoms. The number of anilines is 2. The minimum absolute atomic E-state index is 0.331. The van der Waals surface area contributed by atoms with E-state index in [1.165, 1.54) is 18.2 Å². The molecule has 144 valence electrons. The Morgan fingerprint density at radius 1 is 1.29 bits per heavy atom. The zero-order valence-electron chi connectivity index (χ0n) is 15.6. The molecular formula is C20H20FN5O2. The van der Waals surface area contributed by atoms with E-state index in [0.717, 1.165) is 18.5 Å². The van der Waals surface area contributed by atoms with Gasteiger partial charge in [-0.25, -0.2) is 9.07 Å². The Balaban J connectivity index is 1.70. The zero-order chi connectivity index (χ0) is 19.8. The second kappa shape index (κ2) is 6.95. The van der Waals surface area contributed by atoms with Crippen molar-refractivity contribution in [3.05, 3.63) is 69.0 Å². The van der Waals surface area contributed by atoms with Crippen LogP contribution in [0.4, 0.5) is 15.9 Å². The van der Waals surface area contributed by atoms with Crippen LogP contribution in [-0.4, -0.2) is 27.2 Å². The van der Waals surface area contributed by atoms with Crippen molar-refractivity contribution in [2.75, 3.05) is 17.2 Å². The van der Waals surface area contributed by atoms with Crippen molar-refractivity contribution >= 4 is 17.4 Å². The molecule has 0 unspecified atom stereocenters. The molecule has 2 aromatic heterocycles. The predicted octanol–water partition coefficient (Wildman–Crippen LogP) is 2.93. The number of aromatic amines is 1. The van der Waals surface area contributed by atoms with Crippen LogP contribution in [0.5, 0.6) is 0 Å². The van der Waals surface area contributed by atoms with Crippen molar-refractivity contribution < 1.29 is 9.18 Å². The van der Waals surface area contributed by atoms with E-state index >= 15 is 0 Å². The van der Waals surface area contributed by atoms with Gasteiger partial charge in [-0.3, -0.25) is 9.59 Å². The Hall–Kier alpha value is -3.42. The summed E-state index contributed by atoms with van der Waals surface area (Å²) in [4.78, 5) is 27.6. The fraction of sp³-hybridized carbons (Fsp3) is 0.250. The third kappa shape index (κ3) is 3.17. The summed E-state index contributed by atoms with van der Waals surface area (Å²) in [5.41, 5.74) is 3.22. The first-order chi connectivity index (χ1) is 13.4. The topological polar surface area (TPSA) is 91.8 Å². The smallest absolute Gasteiger partial charge is 0.256 e. The van der Waals surface area contributed by atoms with Gasteiger partial charge in [-0.2, -0.15) is 5.10 Å². The molecule has 3 heterocycles. The third-order valence-electron chi connectivity index (χ3n) is 4.88. The lowest BCUT2D eigenvalue weighted by Crippen LogP contribution is -2.25. The second-order valence-corrected chi connectivity index (χ2v) is 6.82. The number of hydrogen-bond acceptors (Lipinski definition) is 4. The molecule has 0 bridgehead atoms. The summed E-state index contributed by atoms with van der Waals surface area (Å²) >= 11 is 0. The molecule has 28 heavy (non-hydrogen) atoms. The molecule has 1 aliphatic heterocycles. The molecule has 3 aromatic rings. The summed E-state index contributed by atoms with van der Waals surface area (Å²) in [5, 5.41) is 10.4. The summed E-state index contributed by atoms with van der Waals surface area (Å²) < 4.78 is 15.2. The lowest BCUT2D eigenvalue weighted by molar-refractivity contribution is 0.102. The molecule has 0 saturated carbocycles. The van der Waals surface area contributed by atoms with Crippen molar-refractivity contribution in [3.63, 3.8) is 0 Å². The van der Waals surface area contributed by atoms with Crippen molar-refractivity contribution in [2.45, 2.75) is 26.7 Å². The Labute approximate surface area is 160 Å². The quantitative estimate of drug-likeness (QED) is 0.650. The number of nitrogens with one attached hydrogen (secondary N) is 3. The van der Waals surface area contributed by atoms with Crippen LogP contribution in [0.2, 0.25) is 0 Å². The van der Waals surface area contributed by atoms with Crippen molar-refractivity contribution in [1.29, 1.82) is 0 Å². The molecule has 0 atom stereocenters. The maximum Gasteiger partial charge on any atom is 0.256 e. The number of carbonyl (C=O) groups is 1. The molecule has 0 saturated heterocycles. The van der Waals surface area contributed by atoms with E-state index < -0.39 is 0 Å². The molecular weight excluding hydrogens is 361 g/mol. The SMILES string of the molecule is Cc1nn(-c2cccc(F)c2)c(C)c1NC(=O)c1cc(=O)[nH]c2c1CCCN2. The highest BCUT2D eigenvalue weighted by Crippen LogP contribution is 2.26. The van der Waals surface area contributed by atoms with Crippen molar-refractivity contribution in [2.24, 2.45) is 0 Å². The highest BCUT2D eigenvalue weighted by molar-refractivity contribution is 6.06. The van der Waals surface area contributed by atoms with Gasteiger partial charge in [-0.05, 0) is 44.9 Å². The number of nitrogens with zero attached hydrogens (tertiary/aromatic N) is 2. The molecule has 8 heteroatoms. The number of carbonyl (C=O) groups excluding carboxylic acids is 1. The van der Waals surface area contributed by atoms with Crippen LogP contribution in [0.15, 0.2) is 35.1 Å². The summed E-state index contributed by atoms with van der Waals surface area (Å²) in [6.45, 7) is 4.33. The van der Waals surface area contributed by atoms with Gasteiger partial charge in [0.15, 0.2) is 0 Å². The molecule has 0 radical (unpaired) electrons. The number of hydrogen-bond donors (Lipinski definition) is 3. The minimum atomic E-state index is -0.365. The van der Waals surface area contributed by atoms with Gasteiger partial charge in [0.1, 0.15) is 11.6 Å². The van der Waals surface area contributed by atoms with Gasteiger partial charge in [0.25, 0.3) is 5.91 Å². The van der Waals surface area contributed by atoms with Gasteiger partial charge in [0.05, 0.1) is 28.3 Å². The van der Waals surface area contributed by atoms with E-state index in [-0.39, 0.29) is 17.3 Å². The maximum atomic E-state index is 13.6.